The molecule has 0 saturated carbocycles. The molecule has 0 bridgehead atoms. The largest absolute Gasteiger partial charge is 0.494 e. The van der Waals surface area contributed by atoms with E-state index in [9.17, 15) is 14.7 Å². The average molecular weight is 321 g/mol. The van der Waals surface area contributed by atoms with Crippen molar-refractivity contribution in [1.82, 2.24) is 5.32 Å². The van der Waals surface area contributed by atoms with Crippen molar-refractivity contribution in [3.8, 4) is 5.75 Å². The molecule has 1 aliphatic rings. The van der Waals surface area contributed by atoms with Gasteiger partial charge in [0.05, 0.1) is 13.0 Å². The van der Waals surface area contributed by atoms with Gasteiger partial charge in [-0.3, -0.25) is 4.79 Å². The van der Waals surface area contributed by atoms with E-state index in [0.29, 0.717) is 19.8 Å². The van der Waals surface area contributed by atoms with E-state index in [1.54, 1.807) is 0 Å². The van der Waals surface area contributed by atoms with Crippen molar-refractivity contribution in [2.75, 3.05) is 19.8 Å². The number of carbonyl (C=O) groups is 2. The summed E-state index contributed by atoms with van der Waals surface area (Å²) in [5.41, 5.74) is -0.422. The zero-order valence-corrected chi connectivity index (χ0v) is 13.3. The van der Waals surface area contributed by atoms with Crippen molar-refractivity contribution in [3.05, 3.63) is 29.8 Å². The number of benzene rings is 1. The molecule has 1 fully saturated rings. The summed E-state index contributed by atoms with van der Waals surface area (Å²) in [7, 11) is 0. The molecular formula is C17H23NO5. The van der Waals surface area contributed by atoms with Crippen molar-refractivity contribution in [1.29, 1.82) is 0 Å². The van der Waals surface area contributed by atoms with Gasteiger partial charge in [0.15, 0.2) is 0 Å². The first-order valence-electron chi connectivity index (χ1n) is 7.89. The van der Waals surface area contributed by atoms with Gasteiger partial charge in [-0.15, -0.1) is 0 Å². The lowest BCUT2D eigenvalue weighted by Crippen LogP contribution is -2.57. The Morgan fingerprint density at radius 2 is 2.09 bits per heavy atom. The first kappa shape index (κ1) is 17.3. The molecule has 0 spiro atoms. The van der Waals surface area contributed by atoms with Crippen LogP contribution in [0.2, 0.25) is 0 Å². The van der Waals surface area contributed by atoms with Gasteiger partial charge in [-0.05, 0) is 24.1 Å². The number of rotatable bonds is 7. The van der Waals surface area contributed by atoms with Gasteiger partial charge >= 0.3 is 5.97 Å². The van der Waals surface area contributed by atoms with Crippen LogP contribution in [-0.4, -0.2) is 42.3 Å². The van der Waals surface area contributed by atoms with Crippen LogP contribution in [0, 0.1) is 0 Å². The second-order valence-corrected chi connectivity index (χ2v) is 5.72. The van der Waals surface area contributed by atoms with Gasteiger partial charge in [-0.25, -0.2) is 4.79 Å². The third-order valence-electron chi connectivity index (χ3n) is 3.87. The lowest BCUT2D eigenvalue weighted by atomic mass is 9.90. The highest BCUT2D eigenvalue weighted by Gasteiger charge is 2.41. The molecule has 1 aromatic carbocycles. The molecule has 1 amide bonds. The van der Waals surface area contributed by atoms with Gasteiger partial charge in [0.2, 0.25) is 5.91 Å². The molecule has 2 rings (SSSR count). The SMILES string of the molecule is CCCOc1cccc(CC(=O)NC2(C(=O)O)CCOCC2)c1. The monoisotopic (exact) mass is 321 g/mol. The van der Waals surface area contributed by atoms with Gasteiger partial charge < -0.3 is 19.9 Å². The average Bonchev–Trinajstić information content (AvgIpc) is 2.54. The summed E-state index contributed by atoms with van der Waals surface area (Å²) in [5.74, 6) is -0.590. The van der Waals surface area contributed by atoms with E-state index >= 15 is 0 Å². The quantitative estimate of drug-likeness (QED) is 0.799. The molecule has 23 heavy (non-hydrogen) atoms. The Kier molecular flexibility index (Phi) is 5.98. The van der Waals surface area contributed by atoms with Crippen LogP contribution >= 0.6 is 0 Å². The van der Waals surface area contributed by atoms with E-state index in [-0.39, 0.29) is 25.2 Å². The molecule has 2 N–H and O–H groups in total. The number of amides is 1. The van der Waals surface area contributed by atoms with Gasteiger partial charge in [-0.1, -0.05) is 19.1 Å². The van der Waals surface area contributed by atoms with E-state index in [2.05, 4.69) is 5.32 Å². The topological polar surface area (TPSA) is 84.9 Å². The summed E-state index contributed by atoms with van der Waals surface area (Å²) in [4.78, 5) is 23.8. The smallest absolute Gasteiger partial charge is 0.329 e. The van der Waals surface area contributed by atoms with Crippen LogP contribution in [0.1, 0.15) is 31.7 Å². The van der Waals surface area contributed by atoms with Crippen LogP contribution in [0.25, 0.3) is 0 Å². The summed E-state index contributed by atoms with van der Waals surface area (Å²) >= 11 is 0. The van der Waals surface area contributed by atoms with E-state index in [0.717, 1.165) is 17.7 Å². The number of ether oxygens (including phenoxy) is 2. The Balaban J connectivity index is 1.99. The summed E-state index contributed by atoms with van der Waals surface area (Å²) in [6.07, 6.45) is 1.61. The van der Waals surface area contributed by atoms with Crippen LogP contribution in [0.3, 0.4) is 0 Å². The Morgan fingerprint density at radius 1 is 1.35 bits per heavy atom. The normalized spacial score (nSPS) is 16.6. The van der Waals surface area contributed by atoms with E-state index in [1.165, 1.54) is 0 Å². The van der Waals surface area contributed by atoms with Crippen molar-refractivity contribution >= 4 is 11.9 Å². The van der Waals surface area contributed by atoms with Crippen molar-refractivity contribution < 1.29 is 24.2 Å². The third-order valence-corrected chi connectivity index (χ3v) is 3.87. The molecular weight excluding hydrogens is 298 g/mol. The number of hydrogen-bond acceptors (Lipinski definition) is 4. The second-order valence-electron chi connectivity index (χ2n) is 5.72. The molecule has 6 nitrogen and oxygen atoms in total. The maximum absolute atomic E-state index is 12.3. The second kappa shape index (κ2) is 7.97. The van der Waals surface area contributed by atoms with E-state index < -0.39 is 11.5 Å². The molecule has 1 aliphatic heterocycles. The van der Waals surface area contributed by atoms with Crippen molar-refractivity contribution in [2.45, 2.75) is 38.1 Å². The van der Waals surface area contributed by atoms with Crippen LogP contribution in [0.4, 0.5) is 0 Å². The van der Waals surface area contributed by atoms with Crippen LogP contribution < -0.4 is 10.1 Å². The van der Waals surface area contributed by atoms with Gasteiger partial charge in [0, 0.05) is 26.1 Å². The lowest BCUT2D eigenvalue weighted by Gasteiger charge is -2.33. The first-order valence-corrected chi connectivity index (χ1v) is 7.89. The summed E-state index contributed by atoms with van der Waals surface area (Å²) in [5, 5.41) is 12.1. The molecule has 0 atom stereocenters. The molecule has 0 aliphatic carbocycles. The predicted molar refractivity (Wildman–Crippen MR) is 84.5 cm³/mol. The highest BCUT2D eigenvalue weighted by Crippen LogP contribution is 2.21. The number of carbonyl (C=O) groups excluding carboxylic acids is 1. The third kappa shape index (κ3) is 4.69. The minimum Gasteiger partial charge on any atom is -0.494 e. The summed E-state index contributed by atoms with van der Waals surface area (Å²) in [6.45, 7) is 3.33. The lowest BCUT2D eigenvalue weighted by molar-refractivity contribution is -0.152. The van der Waals surface area contributed by atoms with Gasteiger partial charge in [0.1, 0.15) is 11.3 Å². The predicted octanol–water partition coefficient (Wildman–Crippen LogP) is 1.77. The minimum atomic E-state index is -1.22. The molecule has 1 aromatic rings. The number of carboxylic acids is 1. The fourth-order valence-electron chi connectivity index (χ4n) is 2.57. The molecule has 6 heteroatoms. The first-order chi connectivity index (χ1) is 11.1. The number of nitrogens with one attached hydrogen (secondary N) is 1. The zero-order chi connectivity index (χ0) is 16.7. The zero-order valence-electron chi connectivity index (χ0n) is 13.3. The fourth-order valence-corrected chi connectivity index (χ4v) is 2.57. The van der Waals surface area contributed by atoms with Crippen LogP contribution in [0.15, 0.2) is 24.3 Å². The molecule has 0 unspecified atom stereocenters. The fraction of sp³-hybridized carbons (Fsp3) is 0.529. The summed E-state index contributed by atoms with van der Waals surface area (Å²) in [6, 6.07) is 7.31. The van der Waals surface area contributed by atoms with Crippen LogP contribution in [-0.2, 0) is 20.7 Å². The molecule has 0 radical (unpaired) electrons. The summed E-state index contributed by atoms with van der Waals surface area (Å²) < 4.78 is 10.7. The van der Waals surface area contributed by atoms with E-state index in [1.807, 2.05) is 31.2 Å². The Bertz CT molecular complexity index is 552. The highest BCUT2D eigenvalue weighted by atomic mass is 16.5. The molecule has 1 saturated heterocycles. The Labute approximate surface area is 135 Å². The van der Waals surface area contributed by atoms with Gasteiger partial charge in [0.25, 0.3) is 0 Å². The van der Waals surface area contributed by atoms with E-state index in [4.69, 9.17) is 9.47 Å². The van der Waals surface area contributed by atoms with Crippen molar-refractivity contribution in [3.63, 3.8) is 0 Å². The number of aliphatic carboxylic acids is 1. The molecule has 126 valence electrons. The maximum atomic E-state index is 12.3. The minimum absolute atomic E-state index is 0.124. The maximum Gasteiger partial charge on any atom is 0.329 e. The molecule has 1 heterocycles. The van der Waals surface area contributed by atoms with Gasteiger partial charge in [-0.2, -0.15) is 0 Å². The number of carboxylic acid groups (broad SMARTS) is 1. The molecule has 0 aromatic heterocycles. The number of hydrogen-bond donors (Lipinski definition) is 2. The van der Waals surface area contributed by atoms with Crippen LogP contribution in [0.5, 0.6) is 5.75 Å². The Hall–Kier alpha value is -2.08. The highest BCUT2D eigenvalue weighted by molar-refractivity contribution is 5.88. The van der Waals surface area contributed by atoms with Crippen molar-refractivity contribution in [2.24, 2.45) is 0 Å². The Morgan fingerprint density at radius 3 is 2.74 bits per heavy atom. The standard InChI is InChI=1S/C17H23NO5/c1-2-8-23-14-5-3-4-13(11-14)12-15(19)18-17(16(20)21)6-9-22-10-7-17/h3-5,11H,2,6-10,12H2,1H3,(H,18,19)(H,20,21).